The van der Waals surface area contributed by atoms with Gasteiger partial charge in [-0.1, -0.05) is 30.4 Å². The van der Waals surface area contributed by atoms with Gasteiger partial charge in [0.15, 0.2) is 16.7 Å². The molecule has 1 aromatic heterocycles. The van der Waals surface area contributed by atoms with Gasteiger partial charge in [0.25, 0.3) is 5.91 Å². The third-order valence-corrected chi connectivity index (χ3v) is 5.81. The SMILES string of the molecule is C=CCN1C(=O)/C(=C/c2ccc3c(c2)OCO3)SC1=Nc1nnc(CC)s1. The second-order valence-electron chi connectivity index (χ2n) is 5.65. The van der Waals surface area contributed by atoms with E-state index in [0.717, 1.165) is 17.0 Å². The maximum Gasteiger partial charge on any atom is 0.267 e. The van der Waals surface area contributed by atoms with Crippen LogP contribution in [0.3, 0.4) is 0 Å². The summed E-state index contributed by atoms with van der Waals surface area (Å²) in [4.78, 5) is 19.5. The van der Waals surface area contributed by atoms with E-state index in [2.05, 4.69) is 21.8 Å². The number of aryl methyl sites for hydroxylation is 1. The Hall–Kier alpha value is -2.65. The number of nitrogens with zero attached hydrogens (tertiary/aromatic N) is 4. The largest absolute Gasteiger partial charge is 0.454 e. The Morgan fingerprint density at radius 3 is 2.96 bits per heavy atom. The van der Waals surface area contributed by atoms with E-state index in [4.69, 9.17) is 9.47 Å². The zero-order chi connectivity index (χ0) is 18.8. The van der Waals surface area contributed by atoms with Crippen molar-refractivity contribution in [2.45, 2.75) is 13.3 Å². The van der Waals surface area contributed by atoms with Crippen LogP contribution in [0.2, 0.25) is 0 Å². The molecular formula is C18H16N4O3S2. The van der Waals surface area contributed by atoms with E-state index in [9.17, 15) is 4.79 Å². The first-order valence-electron chi connectivity index (χ1n) is 8.31. The van der Waals surface area contributed by atoms with Gasteiger partial charge in [-0.3, -0.25) is 9.69 Å². The molecule has 2 aliphatic heterocycles. The van der Waals surface area contributed by atoms with Crippen LogP contribution >= 0.6 is 23.1 Å². The zero-order valence-electron chi connectivity index (χ0n) is 14.5. The molecule has 1 amide bonds. The first-order chi connectivity index (χ1) is 13.2. The lowest BCUT2D eigenvalue weighted by molar-refractivity contribution is -0.121. The number of hydrogen-bond donors (Lipinski definition) is 0. The number of ether oxygens (including phenoxy) is 2. The first-order valence-corrected chi connectivity index (χ1v) is 9.94. The maximum absolute atomic E-state index is 12.8. The molecule has 27 heavy (non-hydrogen) atoms. The van der Waals surface area contributed by atoms with Crippen LogP contribution in [0.4, 0.5) is 5.13 Å². The summed E-state index contributed by atoms with van der Waals surface area (Å²) < 4.78 is 10.7. The number of aliphatic imine (C=N–C) groups is 1. The molecule has 0 aliphatic carbocycles. The highest BCUT2D eigenvalue weighted by atomic mass is 32.2. The average Bonchev–Trinajstić information content (AvgIpc) is 3.38. The van der Waals surface area contributed by atoms with Gasteiger partial charge >= 0.3 is 0 Å². The number of aromatic nitrogens is 2. The van der Waals surface area contributed by atoms with E-state index in [0.29, 0.717) is 33.2 Å². The lowest BCUT2D eigenvalue weighted by atomic mass is 10.2. The highest BCUT2D eigenvalue weighted by Crippen LogP contribution is 2.37. The molecule has 0 radical (unpaired) electrons. The first kappa shape index (κ1) is 17.7. The van der Waals surface area contributed by atoms with E-state index in [1.807, 2.05) is 31.2 Å². The third kappa shape index (κ3) is 3.60. The van der Waals surface area contributed by atoms with E-state index in [1.54, 1.807) is 11.0 Å². The van der Waals surface area contributed by atoms with Crippen molar-refractivity contribution in [1.82, 2.24) is 15.1 Å². The molecule has 0 saturated carbocycles. The maximum atomic E-state index is 12.8. The molecule has 2 aromatic rings. The highest BCUT2D eigenvalue weighted by Gasteiger charge is 2.33. The number of fused-ring (bicyclic) bond motifs is 1. The fraction of sp³-hybridized carbons (Fsp3) is 0.222. The van der Waals surface area contributed by atoms with Crippen LogP contribution in [-0.4, -0.2) is 39.5 Å². The summed E-state index contributed by atoms with van der Waals surface area (Å²) in [5.74, 6) is 1.27. The summed E-state index contributed by atoms with van der Waals surface area (Å²) in [6.07, 6.45) is 4.31. The van der Waals surface area contributed by atoms with Crippen LogP contribution in [0.25, 0.3) is 6.08 Å². The van der Waals surface area contributed by atoms with Crippen LogP contribution in [0.15, 0.2) is 40.8 Å². The number of carbonyl (C=O) groups excluding carboxylic acids is 1. The van der Waals surface area contributed by atoms with Crippen LogP contribution < -0.4 is 9.47 Å². The predicted octanol–water partition coefficient (Wildman–Crippen LogP) is 3.62. The third-order valence-electron chi connectivity index (χ3n) is 3.84. The lowest BCUT2D eigenvalue weighted by Crippen LogP contribution is -2.29. The standard InChI is InChI=1S/C18H16N4O3S2/c1-3-7-22-16(23)14(9-11-5-6-12-13(8-11)25-10-24-12)26-18(22)19-17-21-20-15(4-2)27-17/h3,5-6,8-9H,1,4,7,10H2,2H3/b14-9-,19-18?. The molecule has 0 spiro atoms. The molecule has 0 bridgehead atoms. The number of hydrogen-bond acceptors (Lipinski definition) is 8. The van der Waals surface area contributed by atoms with Crippen molar-refractivity contribution >= 4 is 45.4 Å². The van der Waals surface area contributed by atoms with Crippen molar-refractivity contribution in [1.29, 1.82) is 0 Å². The minimum atomic E-state index is -0.114. The van der Waals surface area contributed by atoms with Gasteiger partial charge in [0, 0.05) is 6.54 Å². The average molecular weight is 400 g/mol. The highest BCUT2D eigenvalue weighted by molar-refractivity contribution is 8.18. The number of carbonyl (C=O) groups is 1. The number of amidine groups is 1. The molecule has 3 heterocycles. The topological polar surface area (TPSA) is 76.9 Å². The van der Waals surface area contributed by atoms with Crippen LogP contribution in [0, 0.1) is 0 Å². The Bertz CT molecular complexity index is 967. The molecule has 0 unspecified atom stereocenters. The van der Waals surface area contributed by atoms with E-state index in [-0.39, 0.29) is 12.7 Å². The normalized spacial score (nSPS) is 18.7. The molecule has 9 heteroatoms. The van der Waals surface area contributed by atoms with Crippen LogP contribution in [0.5, 0.6) is 11.5 Å². The minimum Gasteiger partial charge on any atom is -0.454 e. The van der Waals surface area contributed by atoms with Gasteiger partial charge in [-0.2, -0.15) is 4.99 Å². The summed E-state index contributed by atoms with van der Waals surface area (Å²) >= 11 is 2.74. The fourth-order valence-corrected chi connectivity index (χ4v) is 4.25. The summed E-state index contributed by atoms with van der Waals surface area (Å²) in [7, 11) is 0. The van der Waals surface area contributed by atoms with Crippen molar-refractivity contribution in [3.8, 4) is 11.5 Å². The Morgan fingerprint density at radius 2 is 2.19 bits per heavy atom. The number of amides is 1. The zero-order valence-corrected chi connectivity index (χ0v) is 16.2. The molecular weight excluding hydrogens is 384 g/mol. The van der Waals surface area contributed by atoms with Gasteiger partial charge in [-0.15, -0.1) is 16.8 Å². The molecule has 1 saturated heterocycles. The summed E-state index contributed by atoms with van der Waals surface area (Å²) in [6, 6.07) is 5.58. The second kappa shape index (κ2) is 7.53. The molecule has 138 valence electrons. The predicted molar refractivity (Wildman–Crippen MR) is 106 cm³/mol. The molecule has 1 aromatic carbocycles. The van der Waals surface area contributed by atoms with Crippen molar-refractivity contribution in [3.63, 3.8) is 0 Å². The number of benzene rings is 1. The Kier molecular flexibility index (Phi) is 4.95. The monoisotopic (exact) mass is 400 g/mol. The Morgan fingerprint density at radius 1 is 1.33 bits per heavy atom. The van der Waals surface area contributed by atoms with Crippen LogP contribution in [-0.2, 0) is 11.2 Å². The minimum absolute atomic E-state index is 0.114. The quantitative estimate of drug-likeness (QED) is 0.564. The van der Waals surface area contributed by atoms with Gasteiger partial charge in [-0.25, -0.2) is 0 Å². The molecule has 7 nitrogen and oxygen atoms in total. The summed E-state index contributed by atoms with van der Waals surface area (Å²) in [5, 5.41) is 10.2. The number of rotatable bonds is 5. The molecule has 0 atom stereocenters. The fourth-order valence-electron chi connectivity index (χ4n) is 2.55. The van der Waals surface area contributed by atoms with Crippen molar-refractivity contribution in [3.05, 3.63) is 46.3 Å². The van der Waals surface area contributed by atoms with E-state index < -0.39 is 0 Å². The van der Waals surface area contributed by atoms with Crippen molar-refractivity contribution in [2.24, 2.45) is 4.99 Å². The summed E-state index contributed by atoms with van der Waals surface area (Å²) in [6.45, 7) is 6.34. The van der Waals surface area contributed by atoms with Gasteiger partial charge in [0.1, 0.15) is 5.01 Å². The van der Waals surface area contributed by atoms with E-state index in [1.165, 1.54) is 23.1 Å². The van der Waals surface area contributed by atoms with Gasteiger partial charge in [0.2, 0.25) is 11.9 Å². The molecule has 1 fully saturated rings. The van der Waals surface area contributed by atoms with Gasteiger partial charge in [-0.05, 0) is 42.0 Å². The molecule has 0 N–H and O–H groups in total. The van der Waals surface area contributed by atoms with Crippen molar-refractivity contribution in [2.75, 3.05) is 13.3 Å². The van der Waals surface area contributed by atoms with Gasteiger partial charge < -0.3 is 9.47 Å². The van der Waals surface area contributed by atoms with Crippen molar-refractivity contribution < 1.29 is 14.3 Å². The van der Waals surface area contributed by atoms with E-state index >= 15 is 0 Å². The lowest BCUT2D eigenvalue weighted by Gasteiger charge is -2.11. The number of thioether (sulfide) groups is 1. The second-order valence-corrected chi connectivity index (χ2v) is 7.70. The Labute approximate surface area is 164 Å². The van der Waals surface area contributed by atoms with Crippen LogP contribution in [0.1, 0.15) is 17.5 Å². The summed E-state index contributed by atoms with van der Waals surface area (Å²) in [5.41, 5.74) is 0.860. The molecule has 4 rings (SSSR count). The smallest absolute Gasteiger partial charge is 0.267 e. The molecule has 2 aliphatic rings. The Balaban J connectivity index is 1.64. The van der Waals surface area contributed by atoms with Gasteiger partial charge in [0.05, 0.1) is 4.91 Å².